The Hall–Kier alpha value is -1.98. The second kappa shape index (κ2) is 7.57. The SMILES string of the molecule is CCCCN(C)C(=O)CNC(=O)c1ccc(F)cc1F. The van der Waals surface area contributed by atoms with Gasteiger partial charge in [-0.15, -0.1) is 0 Å². The first kappa shape index (κ1) is 16.1. The van der Waals surface area contributed by atoms with Crippen molar-refractivity contribution >= 4 is 11.8 Å². The molecule has 20 heavy (non-hydrogen) atoms. The van der Waals surface area contributed by atoms with E-state index in [2.05, 4.69) is 5.32 Å². The highest BCUT2D eigenvalue weighted by molar-refractivity contribution is 5.96. The van der Waals surface area contributed by atoms with E-state index in [1.54, 1.807) is 7.05 Å². The van der Waals surface area contributed by atoms with Gasteiger partial charge in [-0.05, 0) is 18.6 Å². The van der Waals surface area contributed by atoms with Gasteiger partial charge in [0.1, 0.15) is 11.6 Å². The number of unbranched alkanes of at least 4 members (excludes halogenated alkanes) is 1. The van der Waals surface area contributed by atoms with Gasteiger partial charge in [0, 0.05) is 19.7 Å². The molecule has 0 aliphatic heterocycles. The van der Waals surface area contributed by atoms with Gasteiger partial charge in [0.05, 0.1) is 12.1 Å². The molecular formula is C14H18F2N2O2. The van der Waals surface area contributed by atoms with Crippen molar-refractivity contribution < 1.29 is 18.4 Å². The number of halogens is 2. The Morgan fingerprint density at radius 3 is 2.60 bits per heavy atom. The lowest BCUT2D eigenvalue weighted by Gasteiger charge is -2.17. The Morgan fingerprint density at radius 1 is 1.30 bits per heavy atom. The molecule has 110 valence electrons. The maximum atomic E-state index is 13.4. The van der Waals surface area contributed by atoms with Crippen LogP contribution >= 0.6 is 0 Å². The predicted octanol–water partition coefficient (Wildman–Crippen LogP) is 1.95. The molecule has 4 nitrogen and oxygen atoms in total. The highest BCUT2D eigenvalue weighted by Gasteiger charge is 2.14. The van der Waals surface area contributed by atoms with Crippen molar-refractivity contribution in [1.29, 1.82) is 0 Å². The molecule has 0 saturated carbocycles. The molecular weight excluding hydrogens is 266 g/mol. The van der Waals surface area contributed by atoms with Crippen LogP contribution in [0.3, 0.4) is 0 Å². The van der Waals surface area contributed by atoms with Gasteiger partial charge in [-0.1, -0.05) is 13.3 Å². The normalized spacial score (nSPS) is 10.2. The van der Waals surface area contributed by atoms with Crippen molar-refractivity contribution in [1.82, 2.24) is 10.2 Å². The topological polar surface area (TPSA) is 49.4 Å². The lowest BCUT2D eigenvalue weighted by molar-refractivity contribution is -0.128. The van der Waals surface area contributed by atoms with Crippen LogP contribution in [0.1, 0.15) is 30.1 Å². The molecule has 1 rings (SSSR count). The van der Waals surface area contributed by atoms with E-state index >= 15 is 0 Å². The van der Waals surface area contributed by atoms with Crippen molar-refractivity contribution in [2.75, 3.05) is 20.1 Å². The van der Waals surface area contributed by atoms with Gasteiger partial charge in [-0.3, -0.25) is 9.59 Å². The first-order valence-electron chi connectivity index (χ1n) is 6.43. The van der Waals surface area contributed by atoms with Crippen LogP contribution in [0.5, 0.6) is 0 Å². The fraction of sp³-hybridized carbons (Fsp3) is 0.429. The molecule has 0 bridgehead atoms. The smallest absolute Gasteiger partial charge is 0.254 e. The monoisotopic (exact) mass is 284 g/mol. The van der Waals surface area contributed by atoms with E-state index in [9.17, 15) is 18.4 Å². The minimum absolute atomic E-state index is 0.212. The molecule has 6 heteroatoms. The van der Waals surface area contributed by atoms with E-state index in [1.807, 2.05) is 6.92 Å². The van der Waals surface area contributed by atoms with Crippen LogP contribution in [0.4, 0.5) is 8.78 Å². The van der Waals surface area contributed by atoms with E-state index in [-0.39, 0.29) is 18.0 Å². The lowest BCUT2D eigenvalue weighted by atomic mass is 10.2. The summed E-state index contributed by atoms with van der Waals surface area (Å²) >= 11 is 0. The zero-order valence-corrected chi connectivity index (χ0v) is 11.6. The summed E-state index contributed by atoms with van der Waals surface area (Å²) in [7, 11) is 1.64. The summed E-state index contributed by atoms with van der Waals surface area (Å²) in [5.74, 6) is -2.70. The van der Waals surface area contributed by atoms with E-state index in [0.717, 1.165) is 25.0 Å². The molecule has 2 amide bonds. The first-order chi connectivity index (χ1) is 9.45. The summed E-state index contributed by atoms with van der Waals surface area (Å²) in [5, 5.41) is 2.32. The number of likely N-dealkylation sites (N-methyl/N-ethyl adjacent to an activating group) is 1. The zero-order valence-electron chi connectivity index (χ0n) is 11.6. The molecule has 0 heterocycles. The molecule has 0 atom stereocenters. The van der Waals surface area contributed by atoms with Gasteiger partial charge in [0.15, 0.2) is 0 Å². The number of amides is 2. The van der Waals surface area contributed by atoms with Crippen LogP contribution in [-0.2, 0) is 4.79 Å². The molecule has 0 spiro atoms. The minimum Gasteiger partial charge on any atom is -0.344 e. The highest BCUT2D eigenvalue weighted by Crippen LogP contribution is 2.09. The summed E-state index contributed by atoms with van der Waals surface area (Å²) in [5.41, 5.74) is -0.282. The second-order valence-electron chi connectivity index (χ2n) is 4.48. The van der Waals surface area contributed by atoms with Gasteiger partial charge in [-0.2, -0.15) is 0 Å². The van der Waals surface area contributed by atoms with Crippen LogP contribution in [0.2, 0.25) is 0 Å². The van der Waals surface area contributed by atoms with Crippen molar-refractivity contribution in [3.8, 4) is 0 Å². The van der Waals surface area contributed by atoms with Gasteiger partial charge in [0.2, 0.25) is 5.91 Å². The highest BCUT2D eigenvalue weighted by atomic mass is 19.1. The maximum Gasteiger partial charge on any atom is 0.254 e. The standard InChI is InChI=1S/C14H18F2N2O2/c1-3-4-7-18(2)13(19)9-17-14(20)11-6-5-10(15)8-12(11)16/h5-6,8H,3-4,7,9H2,1-2H3,(H,17,20). The van der Waals surface area contributed by atoms with E-state index < -0.39 is 17.5 Å². The largest absolute Gasteiger partial charge is 0.344 e. The molecule has 1 aromatic carbocycles. The Labute approximate surface area is 116 Å². The number of benzene rings is 1. The number of hydrogen-bond acceptors (Lipinski definition) is 2. The Balaban J connectivity index is 2.52. The van der Waals surface area contributed by atoms with Crippen LogP contribution in [-0.4, -0.2) is 36.9 Å². The summed E-state index contributed by atoms with van der Waals surface area (Å²) < 4.78 is 26.1. The van der Waals surface area contributed by atoms with Gasteiger partial charge in [0.25, 0.3) is 5.91 Å². The van der Waals surface area contributed by atoms with E-state index in [0.29, 0.717) is 12.6 Å². The number of hydrogen-bond donors (Lipinski definition) is 1. The number of nitrogens with one attached hydrogen (secondary N) is 1. The molecule has 0 saturated heterocycles. The van der Waals surface area contributed by atoms with Crippen LogP contribution < -0.4 is 5.32 Å². The number of carbonyl (C=O) groups excluding carboxylic acids is 2. The van der Waals surface area contributed by atoms with E-state index in [1.165, 1.54) is 4.90 Å². The van der Waals surface area contributed by atoms with Crippen LogP contribution in [0.25, 0.3) is 0 Å². The van der Waals surface area contributed by atoms with Gasteiger partial charge in [-0.25, -0.2) is 8.78 Å². The van der Waals surface area contributed by atoms with Gasteiger partial charge < -0.3 is 10.2 Å². The van der Waals surface area contributed by atoms with Crippen LogP contribution in [0, 0.1) is 11.6 Å². The molecule has 1 aromatic rings. The Morgan fingerprint density at radius 2 is 2.00 bits per heavy atom. The lowest BCUT2D eigenvalue weighted by Crippen LogP contribution is -2.38. The third-order valence-corrected chi connectivity index (χ3v) is 2.85. The number of rotatable bonds is 6. The number of carbonyl (C=O) groups is 2. The zero-order chi connectivity index (χ0) is 15.1. The Bertz CT molecular complexity index is 492. The molecule has 0 aliphatic rings. The van der Waals surface area contributed by atoms with Crippen molar-refractivity contribution in [3.63, 3.8) is 0 Å². The Kier molecular flexibility index (Phi) is 6.09. The second-order valence-corrected chi connectivity index (χ2v) is 4.48. The maximum absolute atomic E-state index is 13.4. The summed E-state index contributed by atoms with van der Waals surface area (Å²) in [6.45, 7) is 2.41. The average molecular weight is 284 g/mol. The molecule has 0 aliphatic carbocycles. The third-order valence-electron chi connectivity index (χ3n) is 2.85. The molecule has 0 fully saturated rings. The number of nitrogens with zero attached hydrogens (tertiary/aromatic N) is 1. The van der Waals surface area contributed by atoms with Gasteiger partial charge >= 0.3 is 0 Å². The summed E-state index contributed by atoms with van der Waals surface area (Å²) in [6, 6.07) is 2.67. The summed E-state index contributed by atoms with van der Waals surface area (Å²) in [4.78, 5) is 24.9. The van der Waals surface area contributed by atoms with Crippen molar-refractivity contribution in [2.24, 2.45) is 0 Å². The molecule has 0 aromatic heterocycles. The first-order valence-corrected chi connectivity index (χ1v) is 6.43. The fourth-order valence-corrected chi connectivity index (χ4v) is 1.58. The quantitative estimate of drug-likeness (QED) is 0.868. The molecule has 0 unspecified atom stereocenters. The average Bonchev–Trinajstić information content (AvgIpc) is 2.41. The molecule has 1 N–H and O–H groups in total. The van der Waals surface area contributed by atoms with Crippen LogP contribution in [0.15, 0.2) is 18.2 Å². The van der Waals surface area contributed by atoms with Crippen molar-refractivity contribution in [2.45, 2.75) is 19.8 Å². The third kappa shape index (κ3) is 4.60. The molecule has 0 radical (unpaired) electrons. The van der Waals surface area contributed by atoms with E-state index in [4.69, 9.17) is 0 Å². The summed E-state index contributed by atoms with van der Waals surface area (Å²) in [6.07, 6.45) is 1.84. The van der Waals surface area contributed by atoms with Crippen molar-refractivity contribution in [3.05, 3.63) is 35.4 Å². The minimum atomic E-state index is -0.950. The predicted molar refractivity (Wildman–Crippen MR) is 71.2 cm³/mol. The fourth-order valence-electron chi connectivity index (χ4n) is 1.58.